The lowest BCUT2D eigenvalue weighted by molar-refractivity contribution is -0.0416. The monoisotopic (exact) mass is 273 g/mol. The van der Waals surface area contributed by atoms with Crippen LogP contribution in [0.1, 0.15) is 30.5 Å². The molecule has 0 saturated carbocycles. The summed E-state index contributed by atoms with van der Waals surface area (Å²) in [7, 11) is 0. The molecule has 20 heavy (non-hydrogen) atoms. The molecule has 0 spiro atoms. The predicted octanol–water partition coefficient (Wildman–Crippen LogP) is 1.85. The van der Waals surface area contributed by atoms with Crippen LogP contribution in [-0.2, 0) is 17.6 Å². The zero-order valence-electron chi connectivity index (χ0n) is 12.0. The summed E-state index contributed by atoms with van der Waals surface area (Å²) in [6, 6.07) is 5.03. The Balaban J connectivity index is 1.34. The largest absolute Gasteiger partial charge is 0.373 e. The van der Waals surface area contributed by atoms with Crippen LogP contribution in [0.25, 0.3) is 0 Å². The summed E-state index contributed by atoms with van der Waals surface area (Å²) >= 11 is 0. The van der Waals surface area contributed by atoms with Gasteiger partial charge < -0.3 is 10.1 Å². The smallest absolute Gasteiger partial charge is 0.126 e. The molecule has 1 aromatic heterocycles. The van der Waals surface area contributed by atoms with Gasteiger partial charge in [0.25, 0.3) is 0 Å². The zero-order chi connectivity index (χ0) is 13.4. The Morgan fingerprint density at radius 1 is 1.30 bits per heavy atom. The lowest BCUT2D eigenvalue weighted by atomic mass is 10.2. The third kappa shape index (κ3) is 2.42. The van der Waals surface area contributed by atoms with Crippen molar-refractivity contribution in [2.75, 3.05) is 31.6 Å². The second kappa shape index (κ2) is 5.34. The molecule has 1 N–H and O–H groups in total. The molecule has 4 rings (SSSR count). The van der Waals surface area contributed by atoms with Crippen LogP contribution < -0.4 is 5.32 Å². The van der Waals surface area contributed by atoms with Gasteiger partial charge in [0.05, 0.1) is 12.7 Å². The standard InChI is InChI=1S/C16H23N3O/c1-3-12-6-7-16(18-15(12)5-1)17-9-14-10-19-8-2-4-13(19)11-20-14/h6-7,13-14H,1-5,8-11H2,(H,17,18). The van der Waals surface area contributed by atoms with Gasteiger partial charge in [0, 0.05) is 24.8 Å². The molecule has 0 bridgehead atoms. The van der Waals surface area contributed by atoms with Gasteiger partial charge in [-0.25, -0.2) is 4.98 Å². The maximum absolute atomic E-state index is 5.97. The molecular formula is C16H23N3O. The lowest BCUT2D eigenvalue weighted by Crippen LogP contribution is -2.48. The number of nitrogens with one attached hydrogen (secondary N) is 1. The summed E-state index contributed by atoms with van der Waals surface area (Å²) in [5.41, 5.74) is 2.73. The maximum atomic E-state index is 5.97. The molecule has 1 aromatic rings. The lowest BCUT2D eigenvalue weighted by Gasteiger charge is -2.35. The number of aromatic nitrogens is 1. The van der Waals surface area contributed by atoms with Gasteiger partial charge in [0.2, 0.25) is 0 Å². The summed E-state index contributed by atoms with van der Waals surface area (Å²) in [4.78, 5) is 7.31. The molecule has 4 heteroatoms. The number of aryl methyl sites for hydroxylation is 2. The number of fused-ring (bicyclic) bond motifs is 2. The van der Waals surface area contributed by atoms with E-state index in [1.54, 1.807) is 0 Å². The molecule has 108 valence electrons. The van der Waals surface area contributed by atoms with Crippen LogP contribution in [0.2, 0.25) is 0 Å². The number of nitrogens with zero attached hydrogens (tertiary/aromatic N) is 2. The summed E-state index contributed by atoms with van der Waals surface area (Å²) in [5, 5.41) is 3.46. The Morgan fingerprint density at radius 3 is 3.30 bits per heavy atom. The molecule has 2 atom stereocenters. The number of ether oxygens (including phenoxy) is 1. The Hall–Kier alpha value is -1.13. The first-order valence-corrected chi connectivity index (χ1v) is 7.97. The highest BCUT2D eigenvalue weighted by atomic mass is 16.5. The van der Waals surface area contributed by atoms with E-state index in [1.165, 1.54) is 43.5 Å². The van der Waals surface area contributed by atoms with Crippen LogP contribution in [0.5, 0.6) is 0 Å². The Labute approximate surface area is 120 Å². The van der Waals surface area contributed by atoms with E-state index in [0.717, 1.165) is 31.9 Å². The van der Waals surface area contributed by atoms with Gasteiger partial charge in [-0.15, -0.1) is 0 Å². The molecule has 0 amide bonds. The van der Waals surface area contributed by atoms with E-state index in [9.17, 15) is 0 Å². The van der Waals surface area contributed by atoms with E-state index in [0.29, 0.717) is 12.1 Å². The van der Waals surface area contributed by atoms with Crippen LogP contribution in [0.3, 0.4) is 0 Å². The highest BCUT2D eigenvalue weighted by Gasteiger charge is 2.31. The number of rotatable bonds is 3. The van der Waals surface area contributed by atoms with Crippen molar-refractivity contribution in [3.8, 4) is 0 Å². The fraction of sp³-hybridized carbons (Fsp3) is 0.688. The normalized spacial score (nSPS) is 29.2. The van der Waals surface area contributed by atoms with Gasteiger partial charge in [-0.3, -0.25) is 4.90 Å². The first kappa shape index (κ1) is 12.6. The quantitative estimate of drug-likeness (QED) is 0.912. The van der Waals surface area contributed by atoms with E-state index in [2.05, 4.69) is 22.3 Å². The number of hydrogen-bond donors (Lipinski definition) is 1. The average molecular weight is 273 g/mol. The molecule has 2 saturated heterocycles. The van der Waals surface area contributed by atoms with Gasteiger partial charge >= 0.3 is 0 Å². The molecule has 4 nitrogen and oxygen atoms in total. The Bertz CT molecular complexity index is 491. The second-order valence-corrected chi connectivity index (χ2v) is 6.28. The topological polar surface area (TPSA) is 37.4 Å². The van der Waals surface area contributed by atoms with Gasteiger partial charge in [-0.2, -0.15) is 0 Å². The fourth-order valence-electron chi connectivity index (χ4n) is 3.75. The van der Waals surface area contributed by atoms with Crippen LogP contribution >= 0.6 is 0 Å². The highest BCUT2D eigenvalue weighted by molar-refractivity contribution is 5.40. The number of morpholine rings is 1. The van der Waals surface area contributed by atoms with Crippen LogP contribution in [0.4, 0.5) is 5.82 Å². The van der Waals surface area contributed by atoms with E-state index in [1.807, 2.05) is 0 Å². The third-order valence-corrected chi connectivity index (χ3v) is 4.90. The second-order valence-electron chi connectivity index (χ2n) is 6.28. The number of hydrogen-bond acceptors (Lipinski definition) is 4. The van der Waals surface area contributed by atoms with E-state index in [4.69, 9.17) is 9.72 Å². The van der Waals surface area contributed by atoms with Crippen molar-refractivity contribution in [1.82, 2.24) is 9.88 Å². The van der Waals surface area contributed by atoms with Crippen molar-refractivity contribution in [3.05, 3.63) is 23.4 Å². The number of pyridine rings is 1. The van der Waals surface area contributed by atoms with E-state index < -0.39 is 0 Å². The molecular weight excluding hydrogens is 250 g/mol. The first-order chi connectivity index (χ1) is 9.88. The highest BCUT2D eigenvalue weighted by Crippen LogP contribution is 2.24. The first-order valence-electron chi connectivity index (χ1n) is 7.97. The summed E-state index contributed by atoms with van der Waals surface area (Å²) in [6.07, 6.45) is 6.55. The molecule has 3 aliphatic rings. The third-order valence-electron chi connectivity index (χ3n) is 4.90. The van der Waals surface area contributed by atoms with E-state index >= 15 is 0 Å². The maximum Gasteiger partial charge on any atom is 0.126 e. The van der Waals surface area contributed by atoms with Gasteiger partial charge in [-0.1, -0.05) is 6.07 Å². The van der Waals surface area contributed by atoms with Crippen molar-refractivity contribution in [2.45, 2.75) is 44.2 Å². The number of anilines is 1. The fourth-order valence-corrected chi connectivity index (χ4v) is 3.75. The molecule has 2 aliphatic heterocycles. The summed E-state index contributed by atoms with van der Waals surface area (Å²) in [5.74, 6) is 1.01. The minimum absolute atomic E-state index is 0.305. The SMILES string of the molecule is c1cc2c(nc1NCC1CN3CCCC3CO1)CCC2. The van der Waals surface area contributed by atoms with Gasteiger partial charge in [0.15, 0.2) is 0 Å². The minimum Gasteiger partial charge on any atom is -0.373 e. The Kier molecular flexibility index (Phi) is 3.36. The van der Waals surface area contributed by atoms with E-state index in [-0.39, 0.29) is 0 Å². The van der Waals surface area contributed by atoms with Crippen LogP contribution in [-0.4, -0.2) is 48.3 Å². The summed E-state index contributed by atoms with van der Waals surface area (Å²) in [6.45, 7) is 4.10. The van der Waals surface area contributed by atoms with Crippen molar-refractivity contribution in [2.24, 2.45) is 0 Å². The van der Waals surface area contributed by atoms with Crippen molar-refractivity contribution in [3.63, 3.8) is 0 Å². The average Bonchev–Trinajstić information content (AvgIpc) is 3.12. The molecule has 1 aliphatic carbocycles. The van der Waals surface area contributed by atoms with Gasteiger partial charge in [-0.05, 0) is 50.3 Å². The molecule has 3 heterocycles. The molecule has 2 unspecified atom stereocenters. The minimum atomic E-state index is 0.305. The van der Waals surface area contributed by atoms with Crippen molar-refractivity contribution >= 4 is 5.82 Å². The predicted molar refractivity (Wildman–Crippen MR) is 79.1 cm³/mol. The Morgan fingerprint density at radius 2 is 2.30 bits per heavy atom. The molecule has 0 aromatic carbocycles. The molecule has 0 radical (unpaired) electrons. The zero-order valence-corrected chi connectivity index (χ0v) is 12.0. The van der Waals surface area contributed by atoms with Crippen molar-refractivity contribution in [1.29, 1.82) is 0 Å². The molecule has 2 fully saturated rings. The van der Waals surface area contributed by atoms with Gasteiger partial charge in [0.1, 0.15) is 5.82 Å². The van der Waals surface area contributed by atoms with Crippen LogP contribution in [0, 0.1) is 0 Å². The van der Waals surface area contributed by atoms with Crippen LogP contribution in [0.15, 0.2) is 12.1 Å². The summed E-state index contributed by atoms with van der Waals surface area (Å²) < 4.78 is 5.97. The van der Waals surface area contributed by atoms with Crippen molar-refractivity contribution < 1.29 is 4.74 Å².